The van der Waals surface area contributed by atoms with E-state index in [1.807, 2.05) is 6.07 Å². The SMILES string of the molecule is COc1cc(Cn2cnc3sc4c(c3c2=O)CCCCC4)sn1. The van der Waals surface area contributed by atoms with Crippen molar-refractivity contribution in [1.29, 1.82) is 0 Å². The van der Waals surface area contributed by atoms with Crippen LogP contribution in [0.2, 0.25) is 0 Å². The van der Waals surface area contributed by atoms with Crippen LogP contribution in [0.4, 0.5) is 0 Å². The number of fused-ring (bicyclic) bond motifs is 3. The summed E-state index contributed by atoms with van der Waals surface area (Å²) in [6, 6.07) is 1.87. The van der Waals surface area contributed by atoms with Crippen molar-refractivity contribution >= 4 is 33.1 Å². The number of thiophene rings is 1. The molecule has 3 aromatic heterocycles. The second-order valence-electron chi connectivity index (χ2n) is 5.76. The third kappa shape index (κ3) is 2.68. The maximum Gasteiger partial charge on any atom is 0.262 e. The Morgan fingerprint density at radius 3 is 3.00 bits per heavy atom. The number of hydrogen-bond acceptors (Lipinski definition) is 6. The predicted octanol–water partition coefficient (Wildman–Crippen LogP) is 3.24. The molecule has 0 amide bonds. The highest BCUT2D eigenvalue weighted by Gasteiger charge is 2.19. The highest BCUT2D eigenvalue weighted by Crippen LogP contribution is 2.32. The second-order valence-corrected chi connectivity index (χ2v) is 7.73. The lowest BCUT2D eigenvalue weighted by atomic mass is 10.1. The van der Waals surface area contributed by atoms with Gasteiger partial charge < -0.3 is 4.74 Å². The second kappa shape index (κ2) is 6.05. The summed E-state index contributed by atoms with van der Waals surface area (Å²) in [6.45, 7) is 0.493. The van der Waals surface area contributed by atoms with Crippen molar-refractivity contribution in [2.75, 3.05) is 7.11 Å². The maximum absolute atomic E-state index is 12.9. The van der Waals surface area contributed by atoms with Crippen LogP contribution < -0.4 is 10.3 Å². The van der Waals surface area contributed by atoms with Crippen molar-refractivity contribution < 1.29 is 4.74 Å². The summed E-state index contributed by atoms with van der Waals surface area (Å²) < 4.78 is 11.0. The molecular formula is C16H17N3O2S2. The first-order valence-corrected chi connectivity index (χ1v) is 9.34. The first-order valence-electron chi connectivity index (χ1n) is 7.75. The fraction of sp³-hybridized carbons (Fsp3) is 0.438. The Morgan fingerprint density at radius 1 is 1.30 bits per heavy atom. The van der Waals surface area contributed by atoms with Crippen molar-refractivity contribution in [2.24, 2.45) is 0 Å². The van der Waals surface area contributed by atoms with Gasteiger partial charge in [0.05, 0.1) is 25.4 Å². The average molecular weight is 347 g/mol. The molecule has 0 saturated carbocycles. The van der Waals surface area contributed by atoms with Gasteiger partial charge in [0.15, 0.2) is 0 Å². The Bertz CT molecular complexity index is 910. The summed E-state index contributed by atoms with van der Waals surface area (Å²) in [7, 11) is 1.60. The Morgan fingerprint density at radius 2 is 2.17 bits per heavy atom. The number of aromatic nitrogens is 3. The van der Waals surface area contributed by atoms with Gasteiger partial charge in [0, 0.05) is 15.8 Å². The highest BCUT2D eigenvalue weighted by molar-refractivity contribution is 7.18. The molecule has 1 aliphatic rings. The lowest BCUT2D eigenvalue weighted by Gasteiger charge is -2.04. The maximum atomic E-state index is 12.9. The molecule has 0 aromatic carbocycles. The topological polar surface area (TPSA) is 57.0 Å². The number of rotatable bonds is 3. The fourth-order valence-electron chi connectivity index (χ4n) is 3.10. The zero-order valence-electron chi connectivity index (χ0n) is 12.9. The van der Waals surface area contributed by atoms with Crippen LogP contribution in [0.15, 0.2) is 17.2 Å². The Balaban J connectivity index is 1.77. The van der Waals surface area contributed by atoms with Crippen LogP contribution in [-0.2, 0) is 19.4 Å². The molecule has 23 heavy (non-hydrogen) atoms. The molecule has 4 rings (SSSR count). The van der Waals surface area contributed by atoms with Crippen LogP contribution in [0.3, 0.4) is 0 Å². The van der Waals surface area contributed by atoms with E-state index < -0.39 is 0 Å². The van der Waals surface area contributed by atoms with Gasteiger partial charge in [-0.2, -0.15) is 4.37 Å². The van der Waals surface area contributed by atoms with E-state index in [9.17, 15) is 4.79 Å². The highest BCUT2D eigenvalue weighted by atomic mass is 32.1. The molecule has 0 aliphatic heterocycles. The first kappa shape index (κ1) is 14.8. The third-order valence-electron chi connectivity index (χ3n) is 4.26. The molecule has 1 aliphatic carbocycles. The van der Waals surface area contributed by atoms with Crippen LogP contribution in [-0.4, -0.2) is 21.0 Å². The molecule has 0 N–H and O–H groups in total. The van der Waals surface area contributed by atoms with Gasteiger partial charge in [-0.05, 0) is 42.8 Å². The molecule has 0 fully saturated rings. The van der Waals surface area contributed by atoms with Gasteiger partial charge in [0.2, 0.25) is 5.88 Å². The molecule has 0 saturated heterocycles. The number of methoxy groups -OCH3 is 1. The van der Waals surface area contributed by atoms with Gasteiger partial charge in [0.25, 0.3) is 5.56 Å². The van der Waals surface area contributed by atoms with Gasteiger partial charge in [-0.25, -0.2) is 4.98 Å². The van der Waals surface area contributed by atoms with Gasteiger partial charge in [-0.15, -0.1) is 11.3 Å². The number of hydrogen-bond donors (Lipinski definition) is 0. The molecule has 0 unspecified atom stereocenters. The zero-order valence-corrected chi connectivity index (χ0v) is 14.5. The molecule has 0 spiro atoms. The first-order chi connectivity index (χ1) is 11.3. The molecule has 7 heteroatoms. The van der Waals surface area contributed by atoms with E-state index in [0.717, 1.165) is 27.9 Å². The van der Waals surface area contributed by atoms with Gasteiger partial charge in [0.1, 0.15) is 4.83 Å². The minimum absolute atomic E-state index is 0.0711. The van der Waals surface area contributed by atoms with Crippen LogP contribution in [0.5, 0.6) is 5.88 Å². The van der Waals surface area contributed by atoms with Gasteiger partial charge in [-0.1, -0.05) is 6.42 Å². The molecule has 5 nitrogen and oxygen atoms in total. The minimum Gasteiger partial charge on any atom is -0.480 e. The molecule has 3 aromatic rings. The predicted molar refractivity (Wildman–Crippen MR) is 92.9 cm³/mol. The average Bonchev–Trinajstić information content (AvgIpc) is 3.08. The van der Waals surface area contributed by atoms with Crippen LogP contribution >= 0.6 is 22.9 Å². The molecule has 0 radical (unpaired) electrons. The Hall–Kier alpha value is -1.73. The van der Waals surface area contributed by atoms with E-state index in [1.54, 1.807) is 29.3 Å². The van der Waals surface area contributed by atoms with E-state index in [2.05, 4.69) is 9.36 Å². The van der Waals surface area contributed by atoms with Crippen molar-refractivity contribution in [2.45, 2.75) is 38.6 Å². The summed E-state index contributed by atoms with van der Waals surface area (Å²) >= 11 is 3.05. The third-order valence-corrected chi connectivity index (χ3v) is 6.22. The van der Waals surface area contributed by atoms with Crippen LogP contribution in [0, 0.1) is 0 Å². The standard InChI is InChI=1S/C16H17N3O2S2/c1-21-13-7-10(23-18-13)8-19-9-17-15-14(16(19)20)11-5-3-2-4-6-12(11)22-15/h7,9H,2-6,8H2,1H3. The lowest BCUT2D eigenvalue weighted by Crippen LogP contribution is -2.21. The zero-order chi connectivity index (χ0) is 15.8. The molecule has 3 heterocycles. The lowest BCUT2D eigenvalue weighted by molar-refractivity contribution is 0.402. The molecule has 0 atom stereocenters. The summed E-state index contributed by atoms with van der Waals surface area (Å²) in [5, 5.41) is 0.839. The summed E-state index contributed by atoms with van der Waals surface area (Å²) in [6.07, 6.45) is 7.38. The van der Waals surface area contributed by atoms with Crippen LogP contribution in [0.1, 0.15) is 34.6 Å². The summed E-state index contributed by atoms with van der Waals surface area (Å²) in [5.74, 6) is 0.594. The van der Waals surface area contributed by atoms with E-state index in [0.29, 0.717) is 12.4 Å². The molecular weight excluding hydrogens is 330 g/mol. The molecule has 0 bridgehead atoms. The monoisotopic (exact) mass is 347 g/mol. The van der Waals surface area contributed by atoms with Gasteiger partial charge in [-0.3, -0.25) is 9.36 Å². The minimum atomic E-state index is 0.0711. The van der Waals surface area contributed by atoms with E-state index in [1.165, 1.54) is 41.2 Å². The largest absolute Gasteiger partial charge is 0.480 e. The smallest absolute Gasteiger partial charge is 0.262 e. The van der Waals surface area contributed by atoms with Crippen molar-refractivity contribution in [3.05, 3.63) is 38.1 Å². The normalized spacial score (nSPS) is 14.7. The van der Waals surface area contributed by atoms with Gasteiger partial charge >= 0.3 is 0 Å². The number of nitrogens with zero attached hydrogens (tertiary/aromatic N) is 3. The Kier molecular flexibility index (Phi) is 3.90. The fourth-order valence-corrected chi connectivity index (χ4v) is 5.01. The summed E-state index contributed by atoms with van der Waals surface area (Å²) in [5.41, 5.74) is 1.32. The quantitative estimate of drug-likeness (QED) is 0.683. The van der Waals surface area contributed by atoms with E-state index in [-0.39, 0.29) is 5.56 Å². The van der Waals surface area contributed by atoms with E-state index in [4.69, 9.17) is 4.74 Å². The van der Waals surface area contributed by atoms with Crippen molar-refractivity contribution in [3.63, 3.8) is 0 Å². The van der Waals surface area contributed by atoms with E-state index >= 15 is 0 Å². The molecule has 120 valence electrons. The van der Waals surface area contributed by atoms with Crippen molar-refractivity contribution in [3.8, 4) is 5.88 Å². The van der Waals surface area contributed by atoms with Crippen molar-refractivity contribution in [1.82, 2.24) is 13.9 Å². The number of ether oxygens (including phenoxy) is 1. The van der Waals surface area contributed by atoms with Crippen LogP contribution in [0.25, 0.3) is 10.2 Å². The number of aryl methyl sites for hydroxylation is 2. The summed E-state index contributed by atoms with van der Waals surface area (Å²) in [4.78, 5) is 20.7. The Labute approximate surface area is 141 Å².